The topological polar surface area (TPSA) is 18.5 Å². The third-order valence-electron chi connectivity index (χ3n) is 4.34. The molecule has 0 bridgehead atoms. The van der Waals surface area contributed by atoms with Crippen LogP contribution in [0.25, 0.3) is 0 Å². The molecule has 1 aromatic rings. The van der Waals surface area contributed by atoms with Crippen molar-refractivity contribution in [1.82, 2.24) is 0 Å². The number of ether oxygens (including phenoxy) is 2. The maximum atomic E-state index is 5.77. The van der Waals surface area contributed by atoms with Crippen molar-refractivity contribution >= 4 is 0 Å². The average Bonchev–Trinajstić information content (AvgIpc) is 2.53. The second-order valence-corrected chi connectivity index (χ2v) is 6.88. The molecule has 0 amide bonds. The number of hydrogen-bond acceptors (Lipinski definition) is 2. The predicted octanol–water partition coefficient (Wildman–Crippen LogP) is 5.25. The van der Waals surface area contributed by atoms with Crippen LogP contribution in [0.15, 0.2) is 47.7 Å². The highest BCUT2D eigenvalue weighted by Crippen LogP contribution is 2.37. The quantitative estimate of drug-likeness (QED) is 0.714. The monoisotopic (exact) mass is 300 g/mol. The highest BCUT2D eigenvalue weighted by molar-refractivity contribution is 5.40. The number of rotatable bonds is 6. The molecule has 0 N–H and O–H groups in total. The molecular weight excluding hydrogens is 272 g/mol. The van der Waals surface area contributed by atoms with Gasteiger partial charge in [-0.2, -0.15) is 0 Å². The first-order valence-electron chi connectivity index (χ1n) is 8.11. The van der Waals surface area contributed by atoms with Crippen molar-refractivity contribution in [1.29, 1.82) is 0 Å². The summed E-state index contributed by atoms with van der Waals surface area (Å²) >= 11 is 0. The zero-order valence-corrected chi connectivity index (χ0v) is 14.5. The lowest BCUT2D eigenvalue weighted by Crippen LogP contribution is -2.21. The molecular formula is C20H28O2. The van der Waals surface area contributed by atoms with Gasteiger partial charge in [-0.05, 0) is 36.1 Å². The maximum absolute atomic E-state index is 5.77. The van der Waals surface area contributed by atoms with E-state index in [4.69, 9.17) is 9.47 Å². The summed E-state index contributed by atoms with van der Waals surface area (Å²) in [5.41, 5.74) is 2.81. The summed E-state index contributed by atoms with van der Waals surface area (Å²) in [5, 5.41) is 0. The van der Waals surface area contributed by atoms with Gasteiger partial charge in [0.2, 0.25) is 0 Å². The fourth-order valence-corrected chi connectivity index (χ4v) is 2.73. The van der Waals surface area contributed by atoms with Gasteiger partial charge in [0.1, 0.15) is 5.75 Å². The van der Waals surface area contributed by atoms with Gasteiger partial charge < -0.3 is 9.47 Å². The van der Waals surface area contributed by atoms with E-state index in [9.17, 15) is 0 Å². The van der Waals surface area contributed by atoms with Crippen LogP contribution < -0.4 is 4.74 Å². The lowest BCUT2D eigenvalue weighted by molar-refractivity contribution is 0.271. The van der Waals surface area contributed by atoms with Gasteiger partial charge in [0.05, 0.1) is 19.5 Å². The van der Waals surface area contributed by atoms with Crippen LogP contribution in [0.5, 0.6) is 5.75 Å². The van der Waals surface area contributed by atoms with Crippen molar-refractivity contribution in [3.63, 3.8) is 0 Å². The van der Waals surface area contributed by atoms with E-state index in [1.165, 1.54) is 11.1 Å². The molecule has 0 unspecified atom stereocenters. The van der Waals surface area contributed by atoms with E-state index >= 15 is 0 Å². The van der Waals surface area contributed by atoms with Crippen LogP contribution >= 0.6 is 0 Å². The van der Waals surface area contributed by atoms with Crippen LogP contribution in [0.1, 0.15) is 46.1 Å². The Morgan fingerprint density at radius 2 is 1.73 bits per heavy atom. The summed E-state index contributed by atoms with van der Waals surface area (Å²) in [7, 11) is 1.74. The summed E-state index contributed by atoms with van der Waals surface area (Å²) in [6.45, 7) is 9.66. The Morgan fingerprint density at radius 3 is 2.23 bits per heavy atom. The molecule has 0 fully saturated rings. The van der Waals surface area contributed by atoms with Crippen LogP contribution in [0.2, 0.25) is 0 Å². The largest absolute Gasteiger partial charge is 0.501 e. The molecule has 120 valence electrons. The maximum Gasteiger partial charge on any atom is 0.119 e. The van der Waals surface area contributed by atoms with Gasteiger partial charge >= 0.3 is 0 Å². The average molecular weight is 300 g/mol. The van der Waals surface area contributed by atoms with Gasteiger partial charge in [0.15, 0.2) is 0 Å². The van der Waals surface area contributed by atoms with E-state index in [2.05, 4.69) is 64.1 Å². The lowest BCUT2D eigenvalue weighted by atomic mass is 9.74. The number of hydrogen-bond donors (Lipinski definition) is 0. The Balaban J connectivity index is 2.13. The number of benzene rings is 1. The van der Waals surface area contributed by atoms with Crippen molar-refractivity contribution in [3.8, 4) is 5.75 Å². The first kappa shape index (κ1) is 16.7. The summed E-state index contributed by atoms with van der Waals surface area (Å²) in [4.78, 5) is 0. The standard InChI is InChI=1S/C20H28O2/c1-15(2)14-22-19-12-8-17(9-13-19)20(3,4)16-6-10-18(21-5)11-7-16/h6,8-10,12-13,15H,7,11,14H2,1-5H3. The van der Waals surface area contributed by atoms with Crippen molar-refractivity contribution in [2.75, 3.05) is 13.7 Å². The Bertz CT molecular complexity index is 548. The molecule has 0 spiro atoms. The van der Waals surface area contributed by atoms with Gasteiger partial charge in [-0.15, -0.1) is 0 Å². The molecule has 1 aliphatic rings. The molecule has 0 saturated carbocycles. The van der Waals surface area contributed by atoms with Crippen LogP contribution in [0.4, 0.5) is 0 Å². The second kappa shape index (κ2) is 7.04. The molecule has 0 radical (unpaired) electrons. The van der Waals surface area contributed by atoms with E-state index in [-0.39, 0.29) is 5.41 Å². The van der Waals surface area contributed by atoms with Gasteiger partial charge in [-0.1, -0.05) is 51.5 Å². The molecule has 2 rings (SSSR count). The molecule has 1 aliphatic carbocycles. The van der Waals surface area contributed by atoms with Crippen LogP contribution in [-0.4, -0.2) is 13.7 Å². The van der Waals surface area contributed by atoms with Crippen LogP contribution in [0.3, 0.4) is 0 Å². The van der Waals surface area contributed by atoms with Crippen molar-refractivity contribution in [2.45, 2.75) is 46.0 Å². The minimum Gasteiger partial charge on any atom is -0.501 e. The molecule has 0 atom stereocenters. The zero-order chi connectivity index (χ0) is 16.2. The van der Waals surface area contributed by atoms with Gasteiger partial charge in [-0.25, -0.2) is 0 Å². The molecule has 1 aromatic carbocycles. The molecule has 0 aromatic heterocycles. The Kier molecular flexibility index (Phi) is 5.33. The molecule has 2 heteroatoms. The van der Waals surface area contributed by atoms with Crippen molar-refractivity contribution in [2.24, 2.45) is 5.92 Å². The predicted molar refractivity (Wildman–Crippen MR) is 92.2 cm³/mol. The molecule has 0 heterocycles. The SMILES string of the molecule is COC1=CC=C(C(C)(C)c2ccc(OCC(C)C)cc2)CC1. The van der Waals surface area contributed by atoms with Gasteiger partial charge in [0.25, 0.3) is 0 Å². The third-order valence-corrected chi connectivity index (χ3v) is 4.34. The van der Waals surface area contributed by atoms with Gasteiger partial charge in [0, 0.05) is 11.8 Å². The fraction of sp³-hybridized carbons (Fsp3) is 0.500. The summed E-state index contributed by atoms with van der Waals surface area (Å²) in [6, 6.07) is 8.54. The van der Waals surface area contributed by atoms with E-state index < -0.39 is 0 Å². The smallest absolute Gasteiger partial charge is 0.119 e. The Morgan fingerprint density at radius 1 is 1.05 bits per heavy atom. The van der Waals surface area contributed by atoms with E-state index in [0.29, 0.717) is 5.92 Å². The highest BCUT2D eigenvalue weighted by Gasteiger charge is 2.26. The minimum atomic E-state index is 0.0341. The third kappa shape index (κ3) is 3.94. The number of methoxy groups -OCH3 is 1. The molecule has 2 nitrogen and oxygen atoms in total. The van der Waals surface area contributed by atoms with Crippen LogP contribution in [0, 0.1) is 5.92 Å². The summed E-state index contributed by atoms with van der Waals surface area (Å²) < 4.78 is 11.1. The second-order valence-electron chi connectivity index (χ2n) is 6.88. The highest BCUT2D eigenvalue weighted by atomic mass is 16.5. The minimum absolute atomic E-state index is 0.0341. The zero-order valence-electron chi connectivity index (χ0n) is 14.5. The van der Waals surface area contributed by atoms with E-state index in [1.807, 2.05) is 0 Å². The molecule has 0 aliphatic heterocycles. The summed E-state index contributed by atoms with van der Waals surface area (Å²) in [5.74, 6) is 2.56. The van der Waals surface area contributed by atoms with Gasteiger partial charge in [-0.3, -0.25) is 0 Å². The summed E-state index contributed by atoms with van der Waals surface area (Å²) in [6.07, 6.45) is 6.35. The molecule has 0 saturated heterocycles. The van der Waals surface area contributed by atoms with Crippen molar-refractivity contribution in [3.05, 3.63) is 53.3 Å². The normalized spacial score (nSPS) is 15.4. The van der Waals surface area contributed by atoms with Crippen LogP contribution in [-0.2, 0) is 10.2 Å². The molecule has 22 heavy (non-hydrogen) atoms. The van der Waals surface area contributed by atoms with E-state index in [1.54, 1.807) is 7.11 Å². The first-order valence-corrected chi connectivity index (χ1v) is 8.11. The Hall–Kier alpha value is -1.70. The fourth-order valence-electron chi connectivity index (χ4n) is 2.73. The van der Waals surface area contributed by atoms with E-state index in [0.717, 1.165) is 31.0 Å². The Labute approximate surface area is 134 Å². The first-order chi connectivity index (χ1) is 10.4. The number of allylic oxidation sites excluding steroid dienone is 4. The van der Waals surface area contributed by atoms with Crippen molar-refractivity contribution < 1.29 is 9.47 Å². The lowest BCUT2D eigenvalue weighted by Gasteiger charge is -2.31.